The van der Waals surface area contributed by atoms with Gasteiger partial charge in [0.15, 0.2) is 0 Å². The van der Waals surface area contributed by atoms with Gasteiger partial charge in [-0.25, -0.2) is 9.97 Å². The van der Waals surface area contributed by atoms with Crippen LogP contribution < -0.4 is 10.2 Å². The number of piperidine rings is 1. The number of thiazole rings is 1. The highest BCUT2D eigenvalue weighted by molar-refractivity contribution is 7.09. The number of pyridine rings is 1. The molecule has 2 N–H and O–H groups in total. The van der Waals surface area contributed by atoms with Crippen LogP contribution in [0.4, 0.5) is 32.2 Å². The molecule has 0 aromatic carbocycles. The normalized spacial score (nSPS) is 17.8. The maximum absolute atomic E-state index is 13.5. The second-order valence-corrected chi connectivity index (χ2v) is 8.42. The first kappa shape index (κ1) is 24.2. The van der Waals surface area contributed by atoms with Gasteiger partial charge in [-0.2, -0.15) is 26.3 Å². The molecule has 1 amide bonds. The lowest BCUT2D eigenvalue weighted by atomic mass is 9.98. The Hall–Kier alpha value is -2.41. The van der Waals surface area contributed by atoms with Crippen molar-refractivity contribution in [3.63, 3.8) is 0 Å². The molecule has 1 aliphatic rings. The van der Waals surface area contributed by atoms with Crippen LogP contribution in [-0.2, 0) is 16.6 Å². The van der Waals surface area contributed by atoms with Crippen molar-refractivity contribution in [3.05, 3.63) is 40.0 Å². The van der Waals surface area contributed by atoms with E-state index >= 15 is 0 Å². The first-order valence-electron chi connectivity index (χ1n) is 9.59. The molecule has 3 rings (SSSR count). The Balaban J connectivity index is 1.58. The van der Waals surface area contributed by atoms with Crippen molar-refractivity contribution >= 4 is 23.1 Å². The lowest BCUT2D eigenvalue weighted by Crippen LogP contribution is -2.49. The summed E-state index contributed by atoms with van der Waals surface area (Å²) in [6.07, 6.45) is -9.35. The van der Waals surface area contributed by atoms with E-state index in [2.05, 4.69) is 15.3 Å². The molecule has 1 aliphatic heterocycles. The predicted molar refractivity (Wildman–Crippen MR) is 104 cm³/mol. The first-order chi connectivity index (χ1) is 14.8. The molecular weight excluding hydrogens is 462 g/mol. The highest BCUT2D eigenvalue weighted by Gasteiger charge is 2.58. The van der Waals surface area contributed by atoms with E-state index in [1.807, 2.05) is 0 Å². The Morgan fingerprint density at radius 2 is 1.88 bits per heavy atom. The number of rotatable bonds is 5. The Kier molecular flexibility index (Phi) is 6.70. The van der Waals surface area contributed by atoms with Crippen LogP contribution in [0.15, 0.2) is 23.7 Å². The van der Waals surface area contributed by atoms with Gasteiger partial charge < -0.3 is 15.3 Å². The predicted octanol–water partition coefficient (Wildman–Crippen LogP) is 3.79. The molecule has 2 aromatic heterocycles. The van der Waals surface area contributed by atoms with Crippen molar-refractivity contribution in [2.75, 3.05) is 18.0 Å². The average molecular weight is 482 g/mol. The third-order valence-electron chi connectivity index (χ3n) is 5.12. The largest absolute Gasteiger partial charge is 0.424 e. The lowest BCUT2D eigenvalue weighted by Gasteiger charge is -2.34. The minimum Gasteiger partial charge on any atom is -0.374 e. The number of aryl methyl sites for hydroxylation is 1. The number of amides is 1. The highest BCUT2D eigenvalue weighted by atomic mass is 32.1. The molecule has 0 bridgehead atoms. The quantitative estimate of drug-likeness (QED) is 0.635. The van der Waals surface area contributed by atoms with E-state index in [-0.39, 0.29) is 0 Å². The van der Waals surface area contributed by atoms with Gasteiger partial charge in [0.25, 0.3) is 0 Å². The Morgan fingerprint density at radius 1 is 1.22 bits per heavy atom. The van der Waals surface area contributed by atoms with E-state index in [9.17, 15) is 36.2 Å². The summed E-state index contributed by atoms with van der Waals surface area (Å²) >= 11 is 0.627. The number of carbonyl (C=O) groups excluding carboxylic acids is 1. The third-order valence-corrected chi connectivity index (χ3v) is 6.23. The highest BCUT2D eigenvalue weighted by Crippen LogP contribution is 2.42. The maximum Gasteiger partial charge on any atom is 0.424 e. The van der Waals surface area contributed by atoms with Crippen molar-refractivity contribution in [1.82, 2.24) is 15.3 Å². The van der Waals surface area contributed by atoms with Gasteiger partial charge >= 0.3 is 12.4 Å². The fourth-order valence-corrected chi connectivity index (χ4v) is 4.26. The van der Waals surface area contributed by atoms with Gasteiger partial charge in [-0.15, -0.1) is 11.3 Å². The average Bonchev–Trinajstić information content (AvgIpc) is 3.14. The number of hydrogen-bond donors (Lipinski definition) is 2. The smallest absolute Gasteiger partial charge is 0.374 e. The standard InChI is InChI=1S/C19H20F6N4O2S/c1-11-10-32-16(27-11)17(31,19(23,24)25)8-15(30)28-13-4-6-29(7-5-13)14-3-2-12(9-26-14)18(20,21)22/h2-3,9-10,13,31H,4-8H2,1H3,(H,28,30). The van der Waals surface area contributed by atoms with Gasteiger partial charge in [0, 0.05) is 36.4 Å². The molecule has 3 heterocycles. The Bertz CT molecular complexity index is 939. The number of anilines is 1. The monoisotopic (exact) mass is 482 g/mol. The molecule has 0 spiro atoms. The number of nitrogens with one attached hydrogen (secondary N) is 1. The molecule has 13 heteroatoms. The number of aromatic nitrogens is 2. The summed E-state index contributed by atoms with van der Waals surface area (Å²) in [6, 6.07) is 1.74. The van der Waals surface area contributed by atoms with E-state index in [4.69, 9.17) is 0 Å². The summed E-state index contributed by atoms with van der Waals surface area (Å²) in [5.41, 5.74) is -3.95. The lowest BCUT2D eigenvalue weighted by molar-refractivity contribution is -0.267. The van der Waals surface area contributed by atoms with E-state index < -0.39 is 46.9 Å². The van der Waals surface area contributed by atoms with E-state index in [0.717, 1.165) is 12.3 Å². The first-order valence-corrected chi connectivity index (χ1v) is 10.5. The van der Waals surface area contributed by atoms with E-state index in [0.29, 0.717) is 48.8 Å². The molecule has 1 saturated heterocycles. The number of carbonyl (C=O) groups is 1. The van der Waals surface area contributed by atoms with Crippen LogP contribution in [0.25, 0.3) is 0 Å². The van der Waals surface area contributed by atoms with Gasteiger partial charge in [0.1, 0.15) is 10.8 Å². The molecule has 0 radical (unpaired) electrons. The Labute approximate surface area is 183 Å². The van der Waals surface area contributed by atoms with E-state index in [1.165, 1.54) is 18.4 Å². The molecule has 176 valence electrons. The summed E-state index contributed by atoms with van der Waals surface area (Å²) in [5, 5.41) is 13.5. The summed E-state index contributed by atoms with van der Waals surface area (Å²) in [6.45, 7) is 2.17. The summed E-state index contributed by atoms with van der Waals surface area (Å²) < 4.78 is 78.5. The molecule has 32 heavy (non-hydrogen) atoms. The number of halogens is 6. The minimum atomic E-state index is -5.09. The van der Waals surface area contributed by atoms with Crippen LogP contribution in [0.2, 0.25) is 0 Å². The molecule has 1 unspecified atom stereocenters. The van der Waals surface area contributed by atoms with Crippen LogP contribution >= 0.6 is 11.3 Å². The molecule has 2 aromatic rings. The SMILES string of the molecule is Cc1csc(C(O)(CC(=O)NC2CCN(c3ccc(C(F)(F)F)cn3)CC2)C(F)(F)F)n1. The number of alkyl halides is 6. The second kappa shape index (κ2) is 8.85. The van der Waals surface area contributed by atoms with Crippen molar-refractivity contribution in [2.24, 2.45) is 0 Å². The van der Waals surface area contributed by atoms with Crippen LogP contribution in [0.5, 0.6) is 0 Å². The number of nitrogens with zero attached hydrogens (tertiary/aromatic N) is 3. The fourth-order valence-electron chi connectivity index (χ4n) is 3.35. The van der Waals surface area contributed by atoms with Crippen molar-refractivity contribution in [1.29, 1.82) is 0 Å². The fraction of sp³-hybridized carbons (Fsp3) is 0.526. The zero-order valence-corrected chi connectivity index (χ0v) is 17.6. The minimum absolute atomic E-state index is 0.303. The van der Waals surface area contributed by atoms with Crippen LogP contribution in [0.1, 0.15) is 35.5 Å². The van der Waals surface area contributed by atoms with E-state index in [1.54, 1.807) is 4.90 Å². The second-order valence-electron chi connectivity index (χ2n) is 7.56. The summed E-state index contributed by atoms with van der Waals surface area (Å²) in [5.74, 6) is -0.628. The van der Waals surface area contributed by atoms with Gasteiger partial charge in [-0.1, -0.05) is 0 Å². The zero-order valence-electron chi connectivity index (χ0n) is 16.8. The van der Waals surface area contributed by atoms with Crippen molar-refractivity contribution < 1.29 is 36.2 Å². The topological polar surface area (TPSA) is 78.4 Å². The molecule has 0 aliphatic carbocycles. The Morgan fingerprint density at radius 3 is 2.34 bits per heavy atom. The zero-order chi connectivity index (χ0) is 23.7. The van der Waals surface area contributed by atoms with Crippen molar-refractivity contribution in [3.8, 4) is 0 Å². The van der Waals surface area contributed by atoms with Gasteiger partial charge in [-0.3, -0.25) is 4.79 Å². The third kappa shape index (κ3) is 5.31. The maximum atomic E-state index is 13.5. The van der Waals surface area contributed by atoms with Crippen LogP contribution in [0.3, 0.4) is 0 Å². The molecular formula is C19H20F6N4O2S. The summed E-state index contributed by atoms with van der Waals surface area (Å²) in [4.78, 5) is 21.6. The molecule has 1 atom stereocenters. The molecule has 1 fully saturated rings. The van der Waals surface area contributed by atoms with Crippen LogP contribution in [-0.4, -0.2) is 46.3 Å². The molecule has 0 saturated carbocycles. The van der Waals surface area contributed by atoms with Crippen molar-refractivity contribution in [2.45, 2.75) is 50.2 Å². The van der Waals surface area contributed by atoms with Gasteiger partial charge in [-0.05, 0) is 31.9 Å². The summed E-state index contributed by atoms with van der Waals surface area (Å²) in [7, 11) is 0. The van der Waals surface area contributed by atoms with Gasteiger partial charge in [0.2, 0.25) is 11.5 Å². The molecule has 6 nitrogen and oxygen atoms in total. The van der Waals surface area contributed by atoms with Crippen LogP contribution in [0, 0.1) is 6.92 Å². The number of hydrogen-bond acceptors (Lipinski definition) is 6. The number of aliphatic hydroxyl groups is 1. The van der Waals surface area contributed by atoms with Gasteiger partial charge in [0.05, 0.1) is 12.0 Å².